The number of likely N-dealkylation sites (tertiary alicyclic amines) is 1. The Labute approximate surface area is 107 Å². The minimum atomic E-state index is 0.0651. The molecule has 1 aromatic heterocycles. The summed E-state index contributed by atoms with van der Waals surface area (Å²) in [6.45, 7) is 4.49. The average Bonchev–Trinajstić information content (AvgIpc) is 2.31. The van der Waals surface area contributed by atoms with Crippen molar-refractivity contribution in [3.63, 3.8) is 0 Å². The molecule has 0 unspecified atom stereocenters. The summed E-state index contributed by atoms with van der Waals surface area (Å²) in [5.41, 5.74) is 6.86. The lowest BCUT2D eigenvalue weighted by Crippen LogP contribution is -2.43. The lowest BCUT2D eigenvalue weighted by atomic mass is 10.0. The van der Waals surface area contributed by atoms with Gasteiger partial charge in [0.25, 0.3) is 0 Å². The van der Waals surface area contributed by atoms with Gasteiger partial charge in [0.15, 0.2) is 0 Å². The number of nitrogens with one attached hydrogen (secondary N) is 1. The van der Waals surface area contributed by atoms with Gasteiger partial charge in [0.2, 0.25) is 5.91 Å². The number of hydrogen-bond acceptors (Lipinski definition) is 4. The van der Waals surface area contributed by atoms with Crippen LogP contribution in [0.25, 0.3) is 0 Å². The molecule has 1 aliphatic rings. The second-order valence-electron chi connectivity index (χ2n) is 4.84. The predicted molar refractivity (Wildman–Crippen MR) is 70.8 cm³/mol. The summed E-state index contributed by atoms with van der Waals surface area (Å²) < 4.78 is 0. The fourth-order valence-electron chi connectivity index (χ4n) is 2.37. The van der Waals surface area contributed by atoms with Crippen molar-refractivity contribution in [2.75, 3.05) is 18.8 Å². The van der Waals surface area contributed by atoms with E-state index in [0.29, 0.717) is 11.9 Å². The summed E-state index contributed by atoms with van der Waals surface area (Å²) in [5.74, 6) is 0.635. The van der Waals surface area contributed by atoms with Gasteiger partial charge in [-0.2, -0.15) is 0 Å². The number of nitrogen functional groups attached to an aromatic ring is 1. The Bertz CT molecular complexity index is 413. The van der Waals surface area contributed by atoms with E-state index in [9.17, 15) is 4.79 Å². The van der Waals surface area contributed by atoms with E-state index < -0.39 is 0 Å². The second-order valence-corrected chi connectivity index (χ2v) is 4.84. The molecule has 1 fully saturated rings. The highest BCUT2D eigenvalue weighted by atomic mass is 16.1. The lowest BCUT2D eigenvalue weighted by molar-refractivity contribution is -0.119. The van der Waals surface area contributed by atoms with Gasteiger partial charge in [0.05, 0.1) is 0 Å². The number of amides is 1. The molecule has 1 aromatic rings. The van der Waals surface area contributed by atoms with Crippen LogP contribution >= 0.6 is 0 Å². The average molecular weight is 248 g/mol. The number of pyridine rings is 1. The minimum absolute atomic E-state index is 0.0651. The number of anilines is 1. The van der Waals surface area contributed by atoms with Gasteiger partial charge in [-0.15, -0.1) is 0 Å². The van der Waals surface area contributed by atoms with E-state index in [1.807, 2.05) is 12.1 Å². The molecular formula is C13H20N4O. The Morgan fingerprint density at radius 1 is 1.56 bits per heavy atom. The van der Waals surface area contributed by atoms with Crippen molar-refractivity contribution in [2.45, 2.75) is 32.4 Å². The Morgan fingerprint density at radius 3 is 2.89 bits per heavy atom. The molecular weight excluding hydrogens is 228 g/mol. The third kappa shape index (κ3) is 3.70. The molecule has 5 heteroatoms. The van der Waals surface area contributed by atoms with Gasteiger partial charge >= 0.3 is 0 Å². The maximum absolute atomic E-state index is 11.0. The summed E-state index contributed by atoms with van der Waals surface area (Å²) in [7, 11) is 0. The fraction of sp³-hybridized carbons (Fsp3) is 0.538. The zero-order chi connectivity index (χ0) is 13.0. The molecule has 3 N–H and O–H groups in total. The lowest BCUT2D eigenvalue weighted by Gasteiger charge is -2.32. The van der Waals surface area contributed by atoms with Crippen molar-refractivity contribution in [3.05, 3.63) is 23.9 Å². The third-order valence-electron chi connectivity index (χ3n) is 3.25. The standard InChI is InChI=1S/C13H20N4O/c1-10(18)16-12-3-6-17(7-4-12)9-11-2-5-15-13(14)8-11/h2,5,8,12H,3-4,6-7,9H2,1H3,(H2,14,15)(H,16,18). The smallest absolute Gasteiger partial charge is 0.217 e. The maximum Gasteiger partial charge on any atom is 0.217 e. The molecule has 0 aromatic carbocycles. The molecule has 2 heterocycles. The Hall–Kier alpha value is -1.62. The predicted octanol–water partition coefficient (Wildman–Crippen LogP) is 0.764. The van der Waals surface area contributed by atoms with Crippen molar-refractivity contribution >= 4 is 11.7 Å². The number of carbonyl (C=O) groups excluding carboxylic acids is 1. The van der Waals surface area contributed by atoms with Gasteiger partial charge in [0, 0.05) is 38.8 Å². The van der Waals surface area contributed by atoms with Crippen LogP contribution in [0.15, 0.2) is 18.3 Å². The molecule has 0 bridgehead atoms. The van der Waals surface area contributed by atoms with E-state index in [0.717, 1.165) is 32.5 Å². The zero-order valence-corrected chi connectivity index (χ0v) is 10.7. The number of piperidine rings is 1. The van der Waals surface area contributed by atoms with Gasteiger partial charge in [-0.3, -0.25) is 9.69 Å². The maximum atomic E-state index is 11.0. The van der Waals surface area contributed by atoms with Crippen LogP contribution in [0.3, 0.4) is 0 Å². The molecule has 18 heavy (non-hydrogen) atoms. The highest BCUT2D eigenvalue weighted by Crippen LogP contribution is 2.14. The second kappa shape index (κ2) is 5.82. The number of hydrogen-bond donors (Lipinski definition) is 2. The first-order valence-corrected chi connectivity index (χ1v) is 6.33. The van der Waals surface area contributed by atoms with Gasteiger partial charge in [0.1, 0.15) is 5.82 Å². The summed E-state index contributed by atoms with van der Waals surface area (Å²) >= 11 is 0. The van der Waals surface area contributed by atoms with E-state index in [4.69, 9.17) is 5.73 Å². The number of nitrogens with two attached hydrogens (primary N) is 1. The quantitative estimate of drug-likeness (QED) is 0.828. The van der Waals surface area contributed by atoms with Crippen molar-refractivity contribution in [1.29, 1.82) is 0 Å². The van der Waals surface area contributed by atoms with E-state index in [1.54, 1.807) is 13.1 Å². The number of nitrogens with zero attached hydrogens (tertiary/aromatic N) is 2. The van der Waals surface area contributed by atoms with Gasteiger partial charge in [-0.25, -0.2) is 4.98 Å². The molecule has 0 atom stereocenters. The van der Waals surface area contributed by atoms with Crippen molar-refractivity contribution in [3.8, 4) is 0 Å². The summed E-state index contributed by atoms with van der Waals surface area (Å²) in [5, 5.41) is 2.98. The van der Waals surface area contributed by atoms with Crippen LogP contribution in [-0.4, -0.2) is 34.9 Å². The molecule has 98 valence electrons. The van der Waals surface area contributed by atoms with Gasteiger partial charge in [-0.05, 0) is 30.5 Å². The fourth-order valence-corrected chi connectivity index (χ4v) is 2.37. The first-order chi connectivity index (χ1) is 8.63. The first-order valence-electron chi connectivity index (χ1n) is 6.33. The first kappa shape index (κ1) is 12.8. The van der Waals surface area contributed by atoms with Crippen LogP contribution in [0.5, 0.6) is 0 Å². The van der Waals surface area contributed by atoms with E-state index in [2.05, 4.69) is 15.2 Å². The van der Waals surface area contributed by atoms with E-state index in [1.165, 1.54) is 5.56 Å². The van der Waals surface area contributed by atoms with Crippen LogP contribution in [-0.2, 0) is 11.3 Å². The molecule has 2 rings (SSSR count). The summed E-state index contributed by atoms with van der Waals surface area (Å²) in [4.78, 5) is 17.3. The monoisotopic (exact) mass is 248 g/mol. The number of aromatic nitrogens is 1. The largest absolute Gasteiger partial charge is 0.384 e. The molecule has 0 spiro atoms. The van der Waals surface area contributed by atoms with Crippen LogP contribution < -0.4 is 11.1 Å². The topological polar surface area (TPSA) is 71.2 Å². The Morgan fingerprint density at radius 2 is 2.28 bits per heavy atom. The Balaban J connectivity index is 1.81. The molecule has 0 saturated carbocycles. The van der Waals surface area contributed by atoms with E-state index in [-0.39, 0.29) is 5.91 Å². The van der Waals surface area contributed by atoms with Crippen LogP contribution in [0.2, 0.25) is 0 Å². The molecule has 0 aliphatic carbocycles. The van der Waals surface area contributed by atoms with Crippen LogP contribution in [0.4, 0.5) is 5.82 Å². The van der Waals surface area contributed by atoms with Crippen LogP contribution in [0.1, 0.15) is 25.3 Å². The summed E-state index contributed by atoms with van der Waals surface area (Å²) in [6, 6.07) is 4.25. The van der Waals surface area contributed by atoms with Crippen molar-refractivity contribution in [2.24, 2.45) is 0 Å². The SMILES string of the molecule is CC(=O)NC1CCN(Cc2ccnc(N)c2)CC1. The zero-order valence-electron chi connectivity index (χ0n) is 10.7. The highest BCUT2D eigenvalue weighted by Gasteiger charge is 2.19. The van der Waals surface area contributed by atoms with E-state index >= 15 is 0 Å². The number of carbonyl (C=O) groups is 1. The van der Waals surface area contributed by atoms with Crippen LogP contribution in [0, 0.1) is 0 Å². The molecule has 0 radical (unpaired) electrons. The van der Waals surface area contributed by atoms with Crippen molar-refractivity contribution in [1.82, 2.24) is 15.2 Å². The summed E-state index contributed by atoms with van der Waals surface area (Å²) in [6.07, 6.45) is 3.77. The van der Waals surface area contributed by atoms with Gasteiger partial charge < -0.3 is 11.1 Å². The normalized spacial score (nSPS) is 17.6. The highest BCUT2D eigenvalue weighted by molar-refractivity contribution is 5.73. The molecule has 1 amide bonds. The van der Waals surface area contributed by atoms with Gasteiger partial charge in [-0.1, -0.05) is 0 Å². The minimum Gasteiger partial charge on any atom is -0.384 e. The number of rotatable bonds is 3. The van der Waals surface area contributed by atoms with Crippen molar-refractivity contribution < 1.29 is 4.79 Å². The molecule has 1 saturated heterocycles. The molecule has 5 nitrogen and oxygen atoms in total. The Kier molecular flexibility index (Phi) is 4.15. The third-order valence-corrected chi connectivity index (χ3v) is 3.25. The molecule has 1 aliphatic heterocycles.